The van der Waals surface area contributed by atoms with Gasteiger partial charge in [0.25, 0.3) is 5.69 Å². The van der Waals surface area contributed by atoms with Crippen molar-refractivity contribution in [3.8, 4) is 0 Å². The average Bonchev–Trinajstić information content (AvgIpc) is 2.68. The Kier molecular flexibility index (Phi) is 5.04. The monoisotopic (exact) mass is 398 g/mol. The molecule has 29 heavy (non-hydrogen) atoms. The lowest BCUT2D eigenvalue weighted by molar-refractivity contribution is -0.384. The first-order chi connectivity index (χ1) is 14.0. The van der Waals surface area contributed by atoms with E-state index in [1.54, 1.807) is 12.1 Å². The van der Waals surface area contributed by atoms with E-state index in [0.717, 1.165) is 55.9 Å². The van der Waals surface area contributed by atoms with E-state index in [-0.39, 0.29) is 11.6 Å². The fourth-order valence-electron chi connectivity index (χ4n) is 6.81. The van der Waals surface area contributed by atoms with Gasteiger partial charge in [-0.05, 0) is 61.8 Å². The molecule has 4 saturated carbocycles. The number of nitrogens with zero attached hydrogens (tertiary/aromatic N) is 3. The Bertz CT molecular complexity index is 762. The number of amides is 1. The molecule has 1 aliphatic heterocycles. The van der Waals surface area contributed by atoms with Crippen LogP contribution in [0.25, 0.3) is 0 Å². The summed E-state index contributed by atoms with van der Waals surface area (Å²) in [6.07, 6.45) is 7.28. The van der Waals surface area contributed by atoms with Crippen LogP contribution in [0.5, 0.6) is 0 Å². The zero-order valence-corrected chi connectivity index (χ0v) is 16.8. The summed E-state index contributed by atoms with van der Waals surface area (Å²) in [4.78, 5) is 27.8. The van der Waals surface area contributed by atoms with E-state index in [1.165, 1.54) is 44.2 Å². The predicted octanol–water partition coefficient (Wildman–Crippen LogP) is 2.98. The summed E-state index contributed by atoms with van der Waals surface area (Å²) < 4.78 is 0. The van der Waals surface area contributed by atoms with Crippen LogP contribution < -0.4 is 5.32 Å². The van der Waals surface area contributed by atoms with Gasteiger partial charge in [0.15, 0.2) is 0 Å². The summed E-state index contributed by atoms with van der Waals surface area (Å²) in [5, 5.41) is 13.7. The van der Waals surface area contributed by atoms with Crippen LogP contribution in [0.2, 0.25) is 0 Å². The first-order valence-corrected chi connectivity index (χ1v) is 11.1. The van der Waals surface area contributed by atoms with Crippen LogP contribution in [-0.2, 0) is 4.79 Å². The molecule has 0 unspecified atom stereocenters. The van der Waals surface area contributed by atoms with E-state index in [1.807, 2.05) is 0 Å². The number of nitro benzene ring substituents is 1. The number of nitro groups is 1. The van der Waals surface area contributed by atoms with Crippen LogP contribution in [0.3, 0.4) is 0 Å². The Morgan fingerprint density at radius 3 is 2.31 bits per heavy atom. The standard InChI is InChI=1S/C22H30N4O3/c27-21(23-19-2-1-3-20(13-19)26(28)29)14-24-4-6-25(7-5-24)22-17-9-15-8-16(11-17)12-18(22)10-15/h1-3,13,15-18,22H,4-12,14H2,(H,23,27). The molecule has 0 spiro atoms. The van der Waals surface area contributed by atoms with Crippen LogP contribution in [0.1, 0.15) is 32.1 Å². The lowest BCUT2D eigenvalue weighted by Gasteiger charge is -2.58. The minimum absolute atomic E-state index is 0.00733. The fourth-order valence-corrected chi connectivity index (χ4v) is 6.81. The fraction of sp³-hybridized carbons (Fsp3) is 0.682. The van der Waals surface area contributed by atoms with Crippen LogP contribution in [0.15, 0.2) is 24.3 Å². The van der Waals surface area contributed by atoms with Gasteiger partial charge in [0.1, 0.15) is 0 Å². The van der Waals surface area contributed by atoms with Crippen LogP contribution >= 0.6 is 0 Å². The number of rotatable bonds is 5. The molecule has 1 amide bonds. The zero-order chi connectivity index (χ0) is 20.0. The maximum absolute atomic E-state index is 12.4. The summed E-state index contributed by atoms with van der Waals surface area (Å²) in [6.45, 7) is 4.29. The molecule has 7 heteroatoms. The van der Waals surface area contributed by atoms with Crippen molar-refractivity contribution in [3.63, 3.8) is 0 Å². The number of nitrogens with one attached hydrogen (secondary N) is 1. The van der Waals surface area contributed by atoms with Gasteiger partial charge in [0.05, 0.1) is 11.5 Å². The zero-order valence-electron chi connectivity index (χ0n) is 16.8. The van der Waals surface area contributed by atoms with Crippen LogP contribution in [0, 0.1) is 33.8 Å². The van der Waals surface area contributed by atoms with Gasteiger partial charge in [0, 0.05) is 50.0 Å². The maximum atomic E-state index is 12.4. The second-order valence-electron chi connectivity index (χ2n) is 9.59. The summed E-state index contributed by atoms with van der Waals surface area (Å²) in [6, 6.07) is 6.90. The number of hydrogen-bond acceptors (Lipinski definition) is 5. The highest BCUT2D eigenvalue weighted by Gasteiger charge is 2.50. The molecule has 7 nitrogen and oxygen atoms in total. The molecule has 4 bridgehead atoms. The topological polar surface area (TPSA) is 78.7 Å². The molecule has 0 atom stereocenters. The van der Waals surface area contributed by atoms with Crippen molar-refractivity contribution in [1.82, 2.24) is 9.80 Å². The van der Waals surface area contributed by atoms with E-state index < -0.39 is 4.92 Å². The second kappa shape index (κ2) is 7.69. The van der Waals surface area contributed by atoms with E-state index in [2.05, 4.69) is 15.1 Å². The molecular weight excluding hydrogens is 368 g/mol. The second-order valence-corrected chi connectivity index (χ2v) is 9.59. The Labute approximate surface area is 171 Å². The van der Waals surface area contributed by atoms with E-state index in [0.29, 0.717) is 12.2 Å². The highest BCUT2D eigenvalue weighted by Crippen LogP contribution is 2.55. The average molecular weight is 399 g/mol. The molecule has 5 aliphatic rings. The van der Waals surface area contributed by atoms with Crippen molar-refractivity contribution in [3.05, 3.63) is 34.4 Å². The molecule has 1 saturated heterocycles. The Morgan fingerprint density at radius 2 is 1.69 bits per heavy atom. The van der Waals surface area contributed by atoms with Gasteiger partial charge in [0.2, 0.25) is 5.91 Å². The smallest absolute Gasteiger partial charge is 0.271 e. The first kappa shape index (κ1) is 19.0. The third-order valence-corrected chi connectivity index (χ3v) is 7.71. The molecule has 0 radical (unpaired) electrons. The Hall–Kier alpha value is -1.99. The molecule has 5 fully saturated rings. The van der Waals surface area contributed by atoms with Crippen LogP contribution in [0.4, 0.5) is 11.4 Å². The normalized spacial score (nSPS) is 34.3. The third-order valence-electron chi connectivity index (χ3n) is 7.71. The molecule has 4 aliphatic carbocycles. The van der Waals surface area contributed by atoms with Crippen molar-refractivity contribution < 1.29 is 9.72 Å². The summed E-state index contributed by atoms with van der Waals surface area (Å²) in [7, 11) is 0. The van der Waals surface area contributed by atoms with Crippen molar-refractivity contribution >= 4 is 17.3 Å². The van der Waals surface area contributed by atoms with Gasteiger partial charge >= 0.3 is 0 Å². The Balaban J connectivity index is 1.12. The highest BCUT2D eigenvalue weighted by atomic mass is 16.6. The predicted molar refractivity (Wildman–Crippen MR) is 111 cm³/mol. The largest absolute Gasteiger partial charge is 0.325 e. The lowest BCUT2D eigenvalue weighted by Crippen LogP contribution is -2.60. The summed E-state index contributed by atoms with van der Waals surface area (Å²) in [5.41, 5.74) is 0.475. The molecule has 1 N–H and O–H groups in total. The van der Waals surface area contributed by atoms with Gasteiger partial charge in [-0.3, -0.25) is 24.7 Å². The van der Waals surface area contributed by atoms with E-state index in [9.17, 15) is 14.9 Å². The van der Waals surface area contributed by atoms with Crippen molar-refractivity contribution in [2.75, 3.05) is 38.0 Å². The van der Waals surface area contributed by atoms with Gasteiger partial charge in [-0.15, -0.1) is 0 Å². The molecule has 1 aromatic carbocycles. The van der Waals surface area contributed by atoms with Crippen LogP contribution in [-0.4, -0.2) is 59.4 Å². The van der Waals surface area contributed by atoms with Gasteiger partial charge in [-0.2, -0.15) is 0 Å². The van der Waals surface area contributed by atoms with Crippen molar-refractivity contribution in [1.29, 1.82) is 0 Å². The maximum Gasteiger partial charge on any atom is 0.271 e. The number of hydrogen-bond donors (Lipinski definition) is 1. The minimum Gasteiger partial charge on any atom is -0.325 e. The number of carbonyl (C=O) groups excluding carboxylic acids is 1. The van der Waals surface area contributed by atoms with Gasteiger partial charge in [-0.25, -0.2) is 0 Å². The molecule has 0 aromatic heterocycles. The number of anilines is 1. The van der Waals surface area contributed by atoms with Crippen molar-refractivity contribution in [2.24, 2.45) is 23.7 Å². The molecule has 1 aromatic rings. The summed E-state index contributed by atoms with van der Waals surface area (Å²) >= 11 is 0. The number of benzene rings is 1. The number of carbonyl (C=O) groups is 1. The van der Waals surface area contributed by atoms with Gasteiger partial charge in [-0.1, -0.05) is 6.07 Å². The van der Waals surface area contributed by atoms with E-state index >= 15 is 0 Å². The molecule has 1 heterocycles. The number of piperazine rings is 1. The number of non-ortho nitro benzene ring substituents is 1. The lowest BCUT2D eigenvalue weighted by atomic mass is 9.54. The molecule has 6 rings (SSSR count). The van der Waals surface area contributed by atoms with Gasteiger partial charge < -0.3 is 5.32 Å². The van der Waals surface area contributed by atoms with Crippen molar-refractivity contribution in [2.45, 2.75) is 38.1 Å². The highest BCUT2D eigenvalue weighted by molar-refractivity contribution is 5.92. The minimum atomic E-state index is -0.445. The first-order valence-electron chi connectivity index (χ1n) is 11.1. The summed E-state index contributed by atoms with van der Waals surface area (Å²) in [5.74, 6) is 3.73. The quantitative estimate of drug-likeness (QED) is 0.609. The molecule has 156 valence electrons. The third kappa shape index (κ3) is 3.90. The SMILES string of the molecule is O=C(CN1CCN(C2C3CC4CC(C3)CC2C4)CC1)Nc1cccc([N+](=O)[O-])c1. The Morgan fingerprint density at radius 1 is 1.03 bits per heavy atom. The molecular formula is C22H30N4O3. The van der Waals surface area contributed by atoms with E-state index in [4.69, 9.17) is 0 Å².